The van der Waals surface area contributed by atoms with Gasteiger partial charge >= 0.3 is 5.97 Å². The second kappa shape index (κ2) is 1.82. The third kappa shape index (κ3) is 0.689. The maximum absolute atomic E-state index is 10.4. The SMILES string of the molecule is O=C(O)c1onc2cn[nH]c12. The monoisotopic (exact) mass is 153 g/mol. The van der Waals surface area contributed by atoms with Crippen molar-refractivity contribution < 1.29 is 14.4 Å². The number of nitrogens with one attached hydrogen (secondary N) is 1. The number of aromatic carboxylic acids is 1. The molecule has 0 amide bonds. The number of nitrogens with zero attached hydrogens (tertiary/aromatic N) is 2. The Morgan fingerprint density at radius 3 is 3.27 bits per heavy atom. The van der Waals surface area contributed by atoms with E-state index in [4.69, 9.17) is 5.11 Å². The van der Waals surface area contributed by atoms with E-state index < -0.39 is 5.97 Å². The van der Waals surface area contributed by atoms with Crippen molar-refractivity contribution >= 4 is 17.0 Å². The largest absolute Gasteiger partial charge is 0.475 e. The van der Waals surface area contributed by atoms with Gasteiger partial charge in [0.2, 0.25) is 0 Å². The van der Waals surface area contributed by atoms with E-state index in [2.05, 4.69) is 19.9 Å². The average molecular weight is 153 g/mol. The lowest BCUT2D eigenvalue weighted by Gasteiger charge is -1.80. The molecule has 0 aromatic carbocycles. The first kappa shape index (κ1) is 5.90. The van der Waals surface area contributed by atoms with Gasteiger partial charge in [-0.3, -0.25) is 5.10 Å². The Kier molecular flexibility index (Phi) is 0.974. The first-order valence-corrected chi connectivity index (χ1v) is 2.81. The highest BCUT2D eigenvalue weighted by Crippen LogP contribution is 2.13. The van der Waals surface area contributed by atoms with Crippen molar-refractivity contribution in [3.05, 3.63) is 12.0 Å². The molecule has 2 rings (SSSR count). The van der Waals surface area contributed by atoms with Gasteiger partial charge in [0.05, 0.1) is 6.20 Å². The van der Waals surface area contributed by atoms with Crippen LogP contribution in [0.1, 0.15) is 10.6 Å². The lowest BCUT2D eigenvalue weighted by Crippen LogP contribution is -1.93. The summed E-state index contributed by atoms with van der Waals surface area (Å²) in [6.45, 7) is 0. The van der Waals surface area contributed by atoms with Crippen molar-refractivity contribution in [3.63, 3.8) is 0 Å². The molecule has 0 aliphatic heterocycles. The molecule has 0 spiro atoms. The lowest BCUT2D eigenvalue weighted by atomic mass is 10.4. The van der Waals surface area contributed by atoms with Crippen LogP contribution in [0.3, 0.4) is 0 Å². The zero-order valence-corrected chi connectivity index (χ0v) is 5.24. The van der Waals surface area contributed by atoms with E-state index >= 15 is 0 Å². The zero-order valence-electron chi connectivity index (χ0n) is 5.24. The van der Waals surface area contributed by atoms with Crippen molar-refractivity contribution in [1.29, 1.82) is 0 Å². The number of aromatic amines is 1. The van der Waals surface area contributed by atoms with Crippen LogP contribution >= 0.6 is 0 Å². The number of carbonyl (C=O) groups is 1. The Labute approximate surface area is 59.8 Å². The highest BCUT2D eigenvalue weighted by Gasteiger charge is 2.16. The summed E-state index contributed by atoms with van der Waals surface area (Å²) in [7, 11) is 0. The van der Waals surface area contributed by atoms with E-state index in [0.717, 1.165) is 0 Å². The molecular weight excluding hydrogens is 150 g/mol. The Bertz CT molecular complexity index is 402. The minimum atomic E-state index is -1.16. The Hall–Kier alpha value is -1.85. The van der Waals surface area contributed by atoms with Crippen LogP contribution in [0.2, 0.25) is 0 Å². The maximum atomic E-state index is 10.4. The first-order chi connectivity index (χ1) is 5.29. The molecule has 11 heavy (non-hydrogen) atoms. The Morgan fingerprint density at radius 1 is 1.73 bits per heavy atom. The molecule has 0 aliphatic carbocycles. The second-order valence-corrected chi connectivity index (χ2v) is 1.95. The second-order valence-electron chi connectivity index (χ2n) is 1.95. The number of hydrogen-bond acceptors (Lipinski definition) is 4. The number of hydrogen-bond donors (Lipinski definition) is 2. The van der Waals surface area contributed by atoms with Crippen LogP contribution in [-0.2, 0) is 0 Å². The Balaban J connectivity index is 2.78. The predicted molar refractivity (Wildman–Crippen MR) is 33.1 cm³/mol. The fourth-order valence-electron chi connectivity index (χ4n) is 0.803. The Morgan fingerprint density at radius 2 is 2.55 bits per heavy atom. The van der Waals surface area contributed by atoms with Crippen molar-refractivity contribution in [2.75, 3.05) is 0 Å². The molecule has 2 N–H and O–H groups in total. The normalized spacial score (nSPS) is 10.5. The van der Waals surface area contributed by atoms with Crippen molar-refractivity contribution in [3.8, 4) is 0 Å². The van der Waals surface area contributed by atoms with E-state index in [9.17, 15) is 4.79 Å². The van der Waals surface area contributed by atoms with E-state index in [1.807, 2.05) is 0 Å². The highest BCUT2D eigenvalue weighted by atomic mass is 16.5. The first-order valence-electron chi connectivity index (χ1n) is 2.81. The predicted octanol–water partition coefficient (Wildman–Crippen LogP) is 0.249. The van der Waals surface area contributed by atoms with Crippen LogP contribution in [0.4, 0.5) is 0 Å². The summed E-state index contributed by atoms with van der Waals surface area (Å²) in [5.74, 6) is -1.37. The molecular formula is C5H3N3O3. The summed E-state index contributed by atoms with van der Waals surface area (Å²) in [4.78, 5) is 10.4. The van der Waals surface area contributed by atoms with E-state index in [-0.39, 0.29) is 5.76 Å². The van der Waals surface area contributed by atoms with Gasteiger partial charge in [0, 0.05) is 0 Å². The van der Waals surface area contributed by atoms with E-state index in [0.29, 0.717) is 11.0 Å². The molecule has 0 radical (unpaired) electrons. The summed E-state index contributed by atoms with van der Waals surface area (Å²) in [5.41, 5.74) is 0.736. The van der Waals surface area contributed by atoms with E-state index in [1.54, 1.807) is 0 Å². The van der Waals surface area contributed by atoms with Crippen molar-refractivity contribution in [2.24, 2.45) is 0 Å². The van der Waals surface area contributed by atoms with Crippen LogP contribution in [0.25, 0.3) is 11.0 Å². The fraction of sp³-hybridized carbons (Fsp3) is 0. The molecule has 2 heterocycles. The molecule has 0 saturated carbocycles. The van der Waals surface area contributed by atoms with E-state index in [1.165, 1.54) is 6.20 Å². The van der Waals surface area contributed by atoms with Gasteiger partial charge in [-0.25, -0.2) is 4.79 Å². The molecule has 0 bridgehead atoms. The third-order valence-electron chi connectivity index (χ3n) is 1.28. The lowest BCUT2D eigenvalue weighted by molar-refractivity contribution is 0.0654. The van der Waals surface area contributed by atoms with Gasteiger partial charge in [-0.05, 0) is 0 Å². The minimum absolute atomic E-state index is 0.211. The summed E-state index contributed by atoms with van der Waals surface area (Å²) in [5, 5.41) is 18.0. The standard InChI is InChI=1S/C5H3N3O3/c9-5(10)4-3-2(8-11-4)1-6-7-3/h1,7H,(H,9,10). The van der Waals surface area contributed by atoms with Gasteiger partial charge in [-0.1, -0.05) is 5.16 Å². The number of rotatable bonds is 1. The molecule has 6 heteroatoms. The molecule has 2 aromatic rings. The van der Waals surface area contributed by atoms with Crippen molar-refractivity contribution in [1.82, 2.24) is 15.4 Å². The number of carboxylic acids is 1. The highest BCUT2D eigenvalue weighted by molar-refractivity contribution is 5.97. The van der Waals surface area contributed by atoms with Gasteiger partial charge in [0.25, 0.3) is 5.76 Å². The smallest absolute Gasteiger partial charge is 0.377 e. The maximum Gasteiger partial charge on any atom is 0.377 e. The van der Waals surface area contributed by atoms with Crippen LogP contribution in [-0.4, -0.2) is 26.4 Å². The molecule has 0 aliphatic rings. The molecule has 6 nitrogen and oxygen atoms in total. The number of fused-ring (bicyclic) bond motifs is 1. The summed E-state index contributed by atoms with van der Waals surface area (Å²) >= 11 is 0. The van der Waals surface area contributed by atoms with Crippen LogP contribution < -0.4 is 0 Å². The van der Waals surface area contributed by atoms with Gasteiger partial charge in [-0.2, -0.15) is 5.10 Å². The van der Waals surface area contributed by atoms with Crippen LogP contribution in [0.5, 0.6) is 0 Å². The number of H-pyrrole nitrogens is 1. The summed E-state index contributed by atoms with van der Waals surface area (Å²) in [6.07, 6.45) is 1.39. The molecule has 0 saturated heterocycles. The van der Waals surface area contributed by atoms with Gasteiger partial charge < -0.3 is 9.63 Å². The summed E-state index contributed by atoms with van der Waals surface area (Å²) < 4.78 is 4.50. The fourth-order valence-corrected chi connectivity index (χ4v) is 0.803. The molecule has 0 unspecified atom stereocenters. The average Bonchev–Trinajstić information content (AvgIpc) is 2.41. The number of carboxylic acid groups (broad SMARTS) is 1. The molecule has 2 aromatic heterocycles. The number of aromatic nitrogens is 3. The van der Waals surface area contributed by atoms with Crippen molar-refractivity contribution in [2.45, 2.75) is 0 Å². The van der Waals surface area contributed by atoms with Crippen LogP contribution in [0.15, 0.2) is 10.7 Å². The minimum Gasteiger partial charge on any atom is -0.475 e. The zero-order chi connectivity index (χ0) is 7.84. The quantitative estimate of drug-likeness (QED) is 0.612. The van der Waals surface area contributed by atoms with Gasteiger partial charge in [-0.15, -0.1) is 0 Å². The molecule has 0 atom stereocenters. The van der Waals surface area contributed by atoms with Crippen LogP contribution in [0, 0.1) is 0 Å². The van der Waals surface area contributed by atoms with Gasteiger partial charge in [0.15, 0.2) is 5.52 Å². The molecule has 56 valence electrons. The topological polar surface area (TPSA) is 92.0 Å². The summed E-state index contributed by atoms with van der Waals surface area (Å²) in [6, 6.07) is 0. The third-order valence-corrected chi connectivity index (χ3v) is 1.28. The molecule has 0 fully saturated rings. The van der Waals surface area contributed by atoms with Gasteiger partial charge in [0.1, 0.15) is 5.52 Å².